The van der Waals surface area contributed by atoms with E-state index in [1.807, 2.05) is 38.1 Å². The molecule has 0 saturated carbocycles. The standard InChI is InChI=1S/C22H25N3O4S/c1-3-28-18-8-10-19(11-9-18)30(26,27)25-14-12-17(13-15-25)21-23-24-22(29-21)20-7-5-4-6-16(20)2/h4-11,17H,3,12-15H2,1-2H3. The maximum atomic E-state index is 13.0. The lowest BCUT2D eigenvalue weighted by Gasteiger charge is -2.29. The van der Waals surface area contributed by atoms with Gasteiger partial charge >= 0.3 is 0 Å². The summed E-state index contributed by atoms with van der Waals surface area (Å²) in [5, 5.41) is 8.43. The van der Waals surface area contributed by atoms with Gasteiger partial charge < -0.3 is 9.15 Å². The first-order chi connectivity index (χ1) is 14.5. The van der Waals surface area contributed by atoms with Crippen LogP contribution >= 0.6 is 0 Å². The number of sulfonamides is 1. The van der Waals surface area contributed by atoms with Gasteiger partial charge in [0.05, 0.1) is 11.5 Å². The number of nitrogens with zero attached hydrogens (tertiary/aromatic N) is 3. The fraction of sp³-hybridized carbons (Fsp3) is 0.364. The van der Waals surface area contributed by atoms with Crippen LogP contribution in [-0.4, -0.2) is 42.6 Å². The quantitative estimate of drug-likeness (QED) is 0.591. The Morgan fingerprint density at radius 1 is 1.07 bits per heavy atom. The van der Waals surface area contributed by atoms with Gasteiger partial charge in [-0.25, -0.2) is 8.42 Å². The lowest BCUT2D eigenvalue weighted by molar-refractivity contribution is 0.291. The molecule has 1 aromatic heterocycles. The fourth-order valence-corrected chi connectivity index (χ4v) is 5.16. The molecule has 0 unspecified atom stereocenters. The molecule has 4 rings (SSSR count). The molecule has 0 N–H and O–H groups in total. The number of piperidine rings is 1. The molecular weight excluding hydrogens is 402 g/mol. The van der Waals surface area contributed by atoms with Crippen molar-refractivity contribution in [2.75, 3.05) is 19.7 Å². The first-order valence-corrected chi connectivity index (χ1v) is 11.6. The van der Waals surface area contributed by atoms with Crippen LogP contribution in [0.2, 0.25) is 0 Å². The van der Waals surface area contributed by atoms with Gasteiger partial charge in [-0.3, -0.25) is 0 Å². The predicted molar refractivity (Wildman–Crippen MR) is 113 cm³/mol. The predicted octanol–water partition coefficient (Wildman–Crippen LogP) is 4.01. The van der Waals surface area contributed by atoms with Crippen LogP contribution in [0.1, 0.15) is 37.1 Å². The zero-order valence-electron chi connectivity index (χ0n) is 17.1. The second-order valence-corrected chi connectivity index (χ2v) is 9.28. The number of ether oxygens (including phenoxy) is 1. The van der Waals surface area contributed by atoms with E-state index in [0.29, 0.717) is 50.1 Å². The molecule has 1 saturated heterocycles. The van der Waals surface area contributed by atoms with Crippen LogP contribution in [0.25, 0.3) is 11.5 Å². The van der Waals surface area contributed by atoms with Crippen molar-refractivity contribution >= 4 is 10.0 Å². The number of hydrogen-bond acceptors (Lipinski definition) is 6. The van der Waals surface area contributed by atoms with E-state index in [9.17, 15) is 8.42 Å². The number of rotatable bonds is 6. The van der Waals surface area contributed by atoms with Crippen molar-refractivity contribution in [2.24, 2.45) is 0 Å². The topological polar surface area (TPSA) is 85.5 Å². The van der Waals surface area contributed by atoms with Crippen LogP contribution in [0, 0.1) is 6.92 Å². The van der Waals surface area contributed by atoms with Crippen molar-refractivity contribution in [3.63, 3.8) is 0 Å². The Balaban J connectivity index is 1.43. The van der Waals surface area contributed by atoms with Crippen molar-refractivity contribution < 1.29 is 17.6 Å². The molecule has 30 heavy (non-hydrogen) atoms. The van der Waals surface area contributed by atoms with E-state index < -0.39 is 10.0 Å². The largest absolute Gasteiger partial charge is 0.494 e. The van der Waals surface area contributed by atoms with Gasteiger partial charge in [0.25, 0.3) is 0 Å². The molecule has 158 valence electrons. The number of benzene rings is 2. The number of aryl methyl sites for hydroxylation is 1. The fourth-order valence-electron chi connectivity index (χ4n) is 3.69. The average Bonchev–Trinajstić information content (AvgIpc) is 3.25. The molecule has 2 heterocycles. The van der Waals surface area contributed by atoms with Crippen LogP contribution in [0.3, 0.4) is 0 Å². The third kappa shape index (κ3) is 4.11. The third-order valence-electron chi connectivity index (χ3n) is 5.39. The summed E-state index contributed by atoms with van der Waals surface area (Å²) in [6.45, 7) is 5.27. The highest BCUT2D eigenvalue weighted by Crippen LogP contribution is 2.32. The summed E-state index contributed by atoms with van der Waals surface area (Å²) in [5.41, 5.74) is 2.00. The van der Waals surface area contributed by atoms with Crippen LogP contribution in [-0.2, 0) is 10.0 Å². The van der Waals surface area contributed by atoms with Gasteiger partial charge in [0, 0.05) is 24.6 Å². The van der Waals surface area contributed by atoms with Crippen molar-refractivity contribution in [3.05, 3.63) is 60.0 Å². The molecule has 3 aromatic rings. The zero-order chi connectivity index (χ0) is 21.1. The van der Waals surface area contributed by atoms with Crippen molar-refractivity contribution in [3.8, 4) is 17.2 Å². The van der Waals surface area contributed by atoms with Gasteiger partial charge in [-0.1, -0.05) is 18.2 Å². The van der Waals surface area contributed by atoms with Crippen molar-refractivity contribution in [2.45, 2.75) is 37.5 Å². The lowest BCUT2D eigenvalue weighted by Crippen LogP contribution is -2.37. The van der Waals surface area contributed by atoms with E-state index in [1.165, 1.54) is 4.31 Å². The highest BCUT2D eigenvalue weighted by atomic mass is 32.2. The van der Waals surface area contributed by atoms with Gasteiger partial charge in [-0.2, -0.15) is 4.31 Å². The molecule has 0 spiro atoms. The van der Waals surface area contributed by atoms with Gasteiger partial charge in [0.2, 0.25) is 21.8 Å². The molecule has 8 heteroatoms. The van der Waals surface area contributed by atoms with Crippen molar-refractivity contribution in [1.82, 2.24) is 14.5 Å². The Hall–Kier alpha value is -2.71. The van der Waals surface area contributed by atoms with E-state index in [1.54, 1.807) is 24.3 Å². The zero-order valence-corrected chi connectivity index (χ0v) is 17.9. The number of aromatic nitrogens is 2. The monoisotopic (exact) mass is 427 g/mol. The first-order valence-electron chi connectivity index (χ1n) is 10.1. The Morgan fingerprint density at radius 3 is 2.43 bits per heavy atom. The minimum Gasteiger partial charge on any atom is -0.494 e. The highest BCUT2D eigenvalue weighted by molar-refractivity contribution is 7.89. The molecular formula is C22H25N3O4S. The van der Waals surface area contributed by atoms with E-state index in [2.05, 4.69) is 10.2 Å². The summed E-state index contributed by atoms with van der Waals surface area (Å²) in [5.74, 6) is 1.80. The summed E-state index contributed by atoms with van der Waals surface area (Å²) >= 11 is 0. The summed E-state index contributed by atoms with van der Waals surface area (Å²) in [6.07, 6.45) is 1.29. The number of hydrogen-bond donors (Lipinski definition) is 0. The van der Waals surface area contributed by atoms with E-state index in [0.717, 1.165) is 11.1 Å². The molecule has 0 atom stereocenters. The second-order valence-electron chi connectivity index (χ2n) is 7.34. The van der Waals surface area contributed by atoms with Crippen LogP contribution in [0.15, 0.2) is 57.8 Å². The highest BCUT2D eigenvalue weighted by Gasteiger charge is 2.32. The first kappa shape index (κ1) is 20.6. The molecule has 0 bridgehead atoms. The third-order valence-corrected chi connectivity index (χ3v) is 7.30. The smallest absolute Gasteiger partial charge is 0.248 e. The van der Waals surface area contributed by atoms with Crippen LogP contribution < -0.4 is 4.74 Å². The maximum Gasteiger partial charge on any atom is 0.248 e. The SMILES string of the molecule is CCOc1ccc(S(=O)(=O)N2CCC(c3nnc(-c4ccccc4C)o3)CC2)cc1. The molecule has 1 fully saturated rings. The van der Waals surface area contributed by atoms with Gasteiger partial charge in [0.15, 0.2) is 0 Å². The van der Waals surface area contributed by atoms with Gasteiger partial charge in [0.1, 0.15) is 5.75 Å². The molecule has 0 radical (unpaired) electrons. The molecule has 0 aliphatic carbocycles. The molecule has 7 nitrogen and oxygen atoms in total. The summed E-state index contributed by atoms with van der Waals surface area (Å²) in [4.78, 5) is 0.282. The lowest BCUT2D eigenvalue weighted by atomic mass is 9.98. The minimum absolute atomic E-state index is 0.0575. The van der Waals surface area contributed by atoms with E-state index in [4.69, 9.17) is 9.15 Å². The Bertz CT molecular complexity index is 1100. The summed E-state index contributed by atoms with van der Waals surface area (Å²) in [7, 11) is -3.53. The Labute approximate surface area is 176 Å². The summed E-state index contributed by atoms with van der Waals surface area (Å²) in [6, 6.07) is 14.4. The molecule has 1 aliphatic heterocycles. The molecule has 2 aromatic carbocycles. The van der Waals surface area contributed by atoms with E-state index >= 15 is 0 Å². The van der Waals surface area contributed by atoms with Crippen molar-refractivity contribution in [1.29, 1.82) is 0 Å². The maximum absolute atomic E-state index is 13.0. The van der Waals surface area contributed by atoms with Gasteiger partial charge in [-0.15, -0.1) is 10.2 Å². The molecule has 1 aliphatic rings. The minimum atomic E-state index is -3.53. The molecule has 0 amide bonds. The van der Waals surface area contributed by atoms with Crippen LogP contribution in [0.5, 0.6) is 5.75 Å². The van der Waals surface area contributed by atoms with Crippen LogP contribution in [0.4, 0.5) is 0 Å². The summed E-state index contributed by atoms with van der Waals surface area (Å²) < 4.78 is 38.8. The second kappa shape index (κ2) is 8.57. The normalized spacial score (nSPS) is 15.9. The van der Waals surface area contributed by atoms with Gasteiger partial charge in [-0.05, 0) is 62.6 Å². The van der Waals surface area contributed by atoms with E-state index in [-0.39, 0.29) is 10.8 Å². The Kier molecular flexibility index (Phi) is 5.87. The Morgan fingerprint density at radius 2 is 1.77 bits per heavy atom. The average molecular weight is 428 g/mol.